The van der Waals surface area contributed by atoms with E-state index in [0.29, 0.717) is 0 Å². The van der Waals surface area contributed by atoms with E-state index in [0.717, 1.165) is 25.6 Å². The van der Waals surface area contributed by atoms with Crippen LogP contribution in [-0.2, 0) is 19.4 Å². The molecule has 2 aliphatic rings. The number of imidazole rings is 1. The molecule has 1 aromatic heterocycles. The molecule has 0 radical (unpaired) electrons. The molecular weight excluding hydrogens is 246 g/mol. The summed E-state index contributed by atoms with van der Waals surface area (Å²) in [6.45, 7) is 4.37. The summed E-state index contributed by atoms with van der Waals surface area (Å²) in [7, 11) is 0. The van der Waals surface area contributed by atoms with E-state index in [1.165, 1.54) is 69.3 Å². The van der Waals surface area contributed by atoms with Crippen LogP contribution in [0.4, 0.5) is 0 Å². The third-order valence-electron chi connectivity index (χ3n) is 4.91. The Hall–Kier alpha value is -0.830. The second-order valence-corrected chi connectivity index (χ2v) is 6.47. The molecular formula is C17H29N3. The summed E-state index contributed by atoms with van der Waals surface area (Å²) >= 11 is 0. The molecule has 1 saturated carbocycles. The summed E-state index contributed by atoms with van der Waals surface area (Å²) in [5.41, 5.74) is 2.89. The van der Waals surface area contributed by atoms with Crippen LogP contribution in [0.2, 0.25) is 0 Å². The Morgan fingerprint density at radius 1 is 1.15 bits per heavy atom. The monoisotopic (exact) mass is 275 g/mol. The highest BCUT2D eigenvalue weighted by Crippen LogP contribution is 2.31. The minimum Gasteiger partial charge on any atom is -0.329 e. The zero-order chi connectivity index (χ0) is 13.8. The number of fused-ring (bicyclic) bond motifs is 1. The van der Waals surface area contributed by atoms with Crippen LogP contribution < -0.4 is 5.32 Å². The first-order valence-corrected chi connectivity index (χ1v) is 8.69. The number of nitrogens with zero attached hydrogens (tertiary/aromatic N) is 2. The fraction of sp³-hybridized carbons (Fsp3) is 0.824. The standard InChI is InChI=1S/C17H29N3/c1-2-8-17-19-15-13-18-12-11-16(15)20(17)14-9-6-4-3-5-7-10-14/h14,18H,2-13H2,1H3. The van der Waals surface area contributed by atoms with Crippen molar-refractivity contribution in [2.24, 2.45) is 0 Å². The number of aromatic nitrogens is 2. The van der Waals surface area contributed by atoms with Gasteiger partial charge in [0, 0.05) is 37.7 Å². The van der Waals surface area contributed by atoms with Gasteiger partial charge in [-0.3, -0.25) is 0 Å². The Balaban J connectivity index is 1.90. The Bertz CT molecular complexity index is 428. The van der Waals surface area contributed by atoms with Gasteiger partial charge in [-0.05, 0) is 19.3 Å². The zero-order valence-corrected chi connectivity index (χ0v) is 13.0. The van der Waals surface area contributed by atoms with Gasteiger partial charge < -0.3 is 9.88 Å². The average molecular weight is 275 g/mol. The Labute approximate surface area is 123 Å². The van der Waals surface area contributed by atoms with Crippen molar-refractivity contribution >= 4 is 0 Å². The van der Waals surface area contributed by atoms with Gasteiger partial charge in [0.1, 0.15) is 5.82 Å². The second kappa shape index (κ2) is 6.75. The predicted octanol–water partition coefficient (Wildman–Crippen LogP) is 3.77. The molecule has 2 heterocycles. The van der Waals surface area contributed by atoms with Crippen molar-refractivity contribution in [3.63, 3.8) is 0 Å². The van der Waals surface area contributed by atoms with Crippen molar-refractivity contribution in [1.29, 1.82) is 0 Å². The summed E-state index contributed by atoms with van der Waals surface area (Å²) in [4.78, 5) is 4.97. The molecule has 0 atom stereocenters. The molecule has 3 heteroatoms. The van der Waals surface area contributed by atoms with E-state index >= 15 is 0 Å². The quantitative estimate of drug-likeness (QED) is 0.910. The number of nitrogens with one attached hydrogen (secondary N) is 1. The van der Waals surface area contributed by atoms with Crippen molar-refractivity contribution in [3.05, 3.63) is 17.2 Å². The van der Waals surface area contributed by atoms with Crippen LogP contribution >= 0.6 is 0 Å². The van der Waals surface area contributed by atoms with Crippen LogP contribution in [-0.4, -0.2) is 16.1 Å². The lowest BCUT2D eigenvalue weighted by molar-refractivity contribution is 0.355. The maximum atomic E-state index is 4.97. The predicted molar refractivity (Wildman–Crippen MR) is 83.0 cm³/mol. The first kappa shape index (κ1) is 14.1. The third kappa shape index (κ3) is 2.93. The number of hydrogen-bond donors (Lipinski definition) is 1. The van der Waals surface area contributed by atoms with Gasteiger partial charge in [-0.15, -0.1) is 0 Å². The van der Waals surface area contributed by atoms with Crippen LogP contribution in [0.3, 0.4) is 0 Å². The normalized spacial score (nSPS) is 21.2. The molecule has 20 heavy (non-hydrogen) atoms. The third-order valence-corrected chi connectivity index (χ3v) is 4.91. The topological polar surface area (TPSA) is 29.9 Å². The van der Waals surface area contributed by atoms with E-state index in [4.69, 9.17) is 4.98 Å². The van der Waals surface area contributed by atoms with Crippen LogP contribution in [0, 0.1) is 0 Å². The van der Waals surface area contributed by atoms with Crippen molar-refractivity contribution in [3.8, 4) is 0 Å². The van der Waals surface area contributed by atoms with Gasteiger partial charge in [0.15, 0.2) is 0 Å². The van der Waals surface area contributed by atoms with Gasteiger partial charge in [-0.1, -0.05) is 39.0 Å². The largest absolute Gasteiger partial charge is 0.329 e. The first-order chi connectivity index (χ1) is 9.90. The maximum Gasteiger partial charge on any atom is 0.109 e. The van der Waals surface area contributed by atoms with E-state index in [1.54, 1.807) is 5.69 Å². The molecule has 1 N–H and O–H groups in total. The fourth-order valence-corrected chi connectivity index (χ4v) is 3.91. The van der Waals surface area contributed by atoms with Gasteiger partial charge in [0.2, 0.25) is 0 Å². The molecule has 112 valence electrons. The highest BCUT2D eigenvalue weighted by Gasteiger charge is 2.24. The molecule has 0 unspecified atom stereocenters. The SMILES string of the molecule is CCCc1nc2c(n1C1CCCCCCC1)CCNC2. The van der Waals surface area contributed by atoms with Gasteiger partial charge in [-0.25, -0.2) is 4.98 Å². The highest BCUT2D eigenvalue weighted by atomic mass is 15.1. The van der Waals surface area contributed by atoms with E-state index in [9.17, 15) is 0 Å². The molecule has 0 saturated heterocycles. The Morgan fingerprint density at radius 2 is 1.90 bits per heavy atom. The molecule has 0 bridgehead atoms. The lowest BCUT2D eigenvalue weighted by Crippen LogP contribution is -2.26. The van der Waals surface area contributed by atoms with Crippen molar-refractivity contribution in [2.45, 2.75) is 83.7 Å². The number of aryl methyl sites for hydroxylation is 1. The summed E-state index contributed by atoms with van der Waals surface area (Å²) in [5.74, 6) is 1.37. The second-order valence-electron chi connectivity index (χ2n) is 6.47. The average Bonchev–Trinajstić information content (AvgIpc) is 2.77. The molecule has 0 amide bonds. The lowest BCUT2D eigenvalue weighted by Gasteiger charge is -2.26. The van der Waals surface area contributed by atoms with Gasteiger partial charge in [0.25, 0.3) is 0 Å². The van der Waals surface area contributed by atoms with E-state index < -0.39 is 0 Å². The lowest BCUT2D eigenvalue weighted by atomic mass is 9.96. The van der Waals surface area contributed by atoms with Gasteiger partial charge in [0.05, 0.1) is 5.69 Å². The molecule has 1 aliphatic carbocycles. The Kier molecular flexibility index (Phi) is 4.77. The van der Waals surface area contributed by atoms with E-state index in [-0.39, 0.29) is 0 Å². The fourth-order valence-electron chi connectivity index (χ4n) is 3.91. The number of hydrogen-bond acceptors (Lipinski definition) is 2. The summed E-state index contributed by atoms with van der Waals surface area (Å²) in [5, 5.41) is 3.47. The van der Waals surface area contributed by atoms with Crippen LogP contribution in [0.15, 0.2) is 0 Å². The molecule has 0 aromatic carbocycles. The maximum absolute atomic E-state index is 4.97. The van der Waals surface area contributed by atoms with Crippen LogP contribution in [0.25, 0.3) is 0 Å². The molecule has 1 aliphatic heterocycles. The van der Waals surface area contributed by atoms with Crippen molar-refractivity contribution < 1.29 is 0 Å². The van der Waals surface area contributed by atoms with Crippen LogP contribution in [0.1, 0.15) is 81.5 Å². The zero-order valence-electron chi connectivity index (χ0n) is 13.0. The smallest absolute Gasteiger partial charge is 0.109 e. The van der Waals surface area contributed by atoms with Crippen molar-refractivity contribution in [1.82, 2.24) is 14.9 Å². The summed E-state index contributed by atoms with van der Waals surface area (Å²) < 4.78 is 2.67. The molecule has 3 rings (SSSR count). The Morgan fingerprint density at radius 3 is 2.65 bits per heavy atom. The highest BCUT2D eigenvalue weighted by molar-refractivity contribution is 5.21. The van der Waals surface area contributed by atoms with Gasteiger partial charge in [-0.2, -0.15) is 0 Å². The summed E-state index contributed by atoms with van der Waals surface area (Å²) in [6.07, 6.45) is 13.4. The molecule has 1 fully saturated rings. The first-order valence-electron chi connectivity index (χ1n) is 8.69. The minimum absolute atomic E-state index is 0.728. The summed E-state index contributed by atoms with van der Waals surface area (Å²) in [6, 6.07) is 0.728. The van der Waals surface area contributed by atoms with Gasteiger partial charge >= 0.3 is 0 Å². The molecule has 0 spiro atoms. The van der Waals surface area contributed by atoms with E-state index in [2.05, 4.69) is 16.8 Å². The van der Waals surface area contributed by atoms with E-state index in [1.807, 2.05) is 0 Å². The number of rotatable bonds is 3. The molecule has 1 aromatic rings. The minimum atomic E-state index is 0.728. The van der Waals surface area contributed by atoms with Crippen molar-refractivity contribution in [2.75, 3.05) is 6.54 Å². The van der Waals surface area contributed by atoms with Crippen LogP contribution in [0.5, 0.6) is 0 Å². The molecule has 3 nitrogen and oxygen atoms in total.